The number of benzene rings is 1. The third kappa shape index (κ3) is 4.72. The number of methoxy groups -OCH3 is 2. The van der Waals surface area contributed by atoms with Crippen molar-refractivity contribution in [2.24, 2.45) is 0 Å². The first-order valence-electron chi connectivity index (χ1n) is 9.25. The van der Waals surface area contributed by atoms with Crippen LogP contribution in [0.3, 0.4) is 0 Å². The Labute approximate surface area is 167 Å². The number of pyridine rings is 1. The predicted molar refractivity (Wildman–Crippen MR) is 112 cm³/mol. The fourth-order valence-electron chi connectivity index (χ4n) is 3.04. The molecule has 2 aromatic rings. The van der Waals surface area contributed by atoms with Gasteiger partial charge in [-0.3, -0.25) is 4.98 Å². The molecule has 1 aromatic carbocycles. The molecule has 0 saturated carbocycles. The Morgan fingerprint density at radius 1 is 0.929 bits per heavy atom. The quantitative estimate of drug-likeness (QED) is 0.584. The Morgan fingerprint density at radius 2 is 1.39 bits per heavy atom. The first-order valence-corrected chi connectivity index (χ1v) is 12.2. The summed E-state index contributed by atoms with van der Waals surface area (Å²) in [5.74, 6) is 1.25. The summed E-state index contributed by atoms with van der Waals surface area (Å²) in [6.07, 6.45) is 0.690. The Balaban J connectivity index is 2.61. The number of aliphatic hydroxyl groups excluding tert-OH is 2. The van der Waals surface area contributed by atoms with Crippen molar-refractivity contribution in [3.05, 3.63) is 41.2 Å². The van der Waals surface area contributed by atoms with Crippen LogP contribution < -0.4 is 9.47 Å². The Morgan fingerprint density at radius 3 is 1.75 bits per heavy atom. The summed E-state index contributed by atoms with van der Waals surface area (Å²) in [6, 6.07) is 7.43. The highest BCUT2D eigenvalue weighted by molar-refractivity contribution is 6.72. The van der Waals surface area contributed by atoms with E-state index in [9.17, 15) is 15.0 Å². The van der Waals surface area contributed by atoms with Crippen molar-refractivity contribution in [2.75, 3.05) is 14.2 Å². The first-order chi connectivity index (χ1) is 13.1. The minimum atomic E-state index is -2.37. The molecule has 0 amide bonds. The normalized spacial score (nSPS) is 12.2. The number of ether oxygens (including phenoxy) is 2. The molecule has 0 bridgehead atoms. The highest BCUT2D eigenvalue weighted by atomic mass is 28.4. The zero-order chi connectivity index (χ0) is 21.1. The molecule has 7 heteroatoms. The molecule has 0 spiro atoms. The fraction of sp³-hybridized carbons (Fsp3) is 0.476. The van der Waals surface area contributed by atoms with Crippen LogP contribution in [0.4, 0.5) is 0 Å². The molecule has 1 aromatic heterocycles. The Kier molecular flexibility index (Phi) is 6.87. The molecular formula is C21H31NO5Si. The molecule has 154 valence electrons. The molecule has 2 rings (SSSR count). The molecule has 0 unspecified atom stereocenters. The van der Waals surface area contributed by atoms with E-state index in [-0.39, 0.29) is 18.3 Å². The summed E-state index contributed by atoms with van der Waals surface area (Å²) >= 11 is 0. The minimum Gasteiger partial charge on any atom is -0.496 e. The average molecular weight is 406 g/mol. The van der Waals surface area contributed by atoms with Crippen molar-refractivity contribution >= 4 is 8.32 Å². The average Bonchev–Trinajstić information content (AvgIpc) is 2.65. The second-order valence-corrected chi connectivity index (χ2v) is 12.6. The van der Waals surface area contributed by atoms with Crippen molar-refractivity contribution < 1.29 is 24.5 Å². The lowest BCUT2D eigenvalue weighted by atomic mass is 9.96. The number of aromatic nitrogens is 1. The van der Waals surface area contributed by atoms with Crippen LogP contribution in [0.25, 0.3) is 11.1 Å². The molecule has 3 N–H and O–H groups in total. The summed E-state index contributed by atoms with van der Waals surface area (Å²) in [4.78, 5) is 14.8. The maximum Gasteiger partial charge on any atom is 0.188 e. The van der Waals surface area contributed by atoms with Crippen LogP contribution in [0, 0.1) is 0 Å². The summed E-state index contributed by atoms with van der Waals surface area (Å²) < 4.78 is 11.3. The van der Waals surface area contributed by atoms with Crippen LogP contribution in [-0.2, 0) is 19.6 Å². The van der Waals surface area contributed by atoms with E-state index >= 15 is 0 Å². The van der Waals surface area contributed by atoms with Crippen LogP contribution in [0.1, 0.15) is 30.8 Å². The van der Waals surface area contributed by atoms with Crippen LogP contribution in [0.5, 0.6) is 11.5 Å². The van der Waals surface area contributed by atoms with Gasteiger partial charge >= 0.3 is 0 Å². The summed E-state index contributed by atoms with van der Waals surface area (Å²) in [5.41, 5.74) is 3.42. The highest BCUT2D eigenvalue weighted by Gasteiger charge is 2.38. The van der Waals surface area contributed by atoms with Gasteiger partial charge < -0.3 is 24.5 Å². The molecule has 28 heavy (non-hydrogen) atoms. The lowest BCUT2D eigenvalue weighted by Gasteiger charge is -2.35. The van der Waals surface area contributed by atoms with E-state index in [2.05, 4.69) is 18.8 Å². The maximum absolute atomic E-state index is 10.6. The van der Waals surface area contributed by atoms with Gasteiger partial charge in [-0.25, -0.2) is 0 Å². The molecule has 0 radical (unpaired) electrons. The molecule has 1 heterocycles. The standard InChI is InChI=1S/C21H31NO5Si/c1-21(2,28(5,6)25)11-14-7-18(26-3)20(19(8-14)27-4)15-9-16(12-23)22-17(10-15)13-24/h7-10,23-25H,11-13H2,1-6H3. The van der Waals surface area contributed by atoms with E-state index in [0.717, 1.165) is 16.7 Å². The molecule has 0 fully saturated rings. The summed E-state index contributed by atoms with van der Waals surface area (Å²) in [6.45, 7) is 7.59. The number of hydrogen-bond donors (Lipinski definition) is 3. The van der Waals surface area contributed by atoms with Crippen molar-refractivity contribution in [3.8, 4) is 22.6 Å². The van der Waals surface area contributed by atoms with Crippen LogP contribution in [0.2, 0.25) is 18.1 Å². The van der Waals surface area contributed by atoms with Crippen LogP contribution in [-0.4, -0.2) is 42.5 Å². The molecule has 6 nitrogen and oxygen atoms in total. The molecule has 0 atom stereocenters. The van der Waals surface area contributed by atoms with Gasteiger partial charge in [-0.2, -0.15) is 0 Å². The van der Waals surface area contributed by atoms with E-state index in [4.69, 9.17) is 9.47 Å². The SMILES string of the molecule is COc1cc(CC(C)(C)[Si](C)(C)O)cc(OC)c1-c1cc(CO)nc(CO)c1. The zero-order valence-electron chi connectivity index (χ0n) is 17.5. The van der Waals surface area contributed by atoms with Gasteiger partial charge in [0.25, 0.3) is 0 Å². The van der Waals surface area contributed by atoms with Gasteiger partial charge in [0.2, 0.25) is 0 Å². The smallest absolute Gasteiger partial charge is 0.188 e. The number of rotatable bonds is 8. The minimum absolute atomic E-state index is 0.227. The van der Waals surface area contributed by atoms with Crippen molar-refractivity contribution in [3.63, 3.8) is 0 Å². The number of aliphatic hydroxyl groups is 2. The second-order valence-electron chi connectivity index (χ2n) is 8.15. The summed E-state index contributed by atoms with van der Waals surface area (Å²) in [5, 5.41) is 18.8. The predicted octanol–water partition coefficient (Wildman–Crippen LogP) is 3.27. The van der Waals surface area contributed by atoms with Gasteiger partial charge in [0.15, 0.2) is 8.32 Å². The van der Waals surface area contributed by atoms with E-state index in [1.54, 1.807) is 26.4 Å². The molecular weight excluding hydrogens is 374 g/mol. The first kappa shape index (κ1) is 22.4. The van der Waals surface area contributed by atoms with Crippen molar-refractivity contribution in [2.45, 2.75) is 51.6 Å². The Bertz CT molecular complexity index is 783. The lowest BCUT2D eigenvalue weighted by Crippen LogP contribution is -2.40. The van der Waals surface area contributed by atoms with Gasteiger partial charge in [0.1, 0.15) is 11.5 Å². The largest absolute Gasteiger partial charge is 0.496 e. The topological polar surface area (TPSA) is 92.0 Å². The van der Waals surface area contributed by atoms with E-state index in [1.807, 2.05) is 25.2 Å². The lowest BCUT2D eigenvalue weighted by molar-refractivity contribution is 0.265. The third-order valence-corrected chi connectivity index (χ3v) is 8.90. The van der Waals surface area contributed by atoms with Gasteiger partial charge in [-0.15, -0.1) is 0 Å². The molecule has 0 saturated heterocycles. The van der Waals surface area contributed by atoms with Gasteiger partial charge in [0, 0.05) is 0 Å². The van der Waals surface area contributed by atoms with Gasteiger partial charge in [-0.05, 0) is 59.9 Å². The van der Waals surface area contributed by atoms with Crippen LogP contribution >= 0.6 is 0 Å². The molecule has 0 aliphatic heterocycles. The summed E-state index contributed by atoms with van der Waals surface area (Å²) in [7, 11) is 0.822. The maximum atomic E-state index is 10.6. The highest BCUT2D eigenvalue weighted by Crippen LogP contribution is 2.44. The van der Waals surface area contributed by atoms with Crippen LogP contribution in [0.15, 0.2) is 24.3 Å². The van der Waals surface area contributed by atoms with Gasteiger partial charge in [0.05, 0.1) is 44.4 Å². The van der Waals surface area contributed by atoms with E-state index in [1.165, 1.54) is 0 Å². The van der Waals surface area contributed by atoms with Crippen molar-refractivity contribution in [1.29, 1.82) is 0 Å². The van der Waals surface area contributed by atoms with Gasteiger partial charge in [-0.1, -0.05) is 13.8 Å². The Hall–Kier alpha value is -1.93. The third-order valence-electron chi connectivity index (χ3n) is 5.41. The number of hydrogen-bond acceptors (Lipinski definition) is 6. The monoisotopic (exact) mass is 405 g/mol. The molecule has 0 aliphatic rings. The van der Waals surface area contributed by atoms with E-state index in [0.29, 0.717) is 29.3 Å². The van der Waals surface area contributed by atoms with E-state index < -0.39 is 8.32 Å². The molecule has 0 aliphatic carbocycles. The van der Waals surface area contributed by atoms with Crippen molar-refractivity contribution in [1.82, 2.24) is 4.98 Å². The second kappa shape index (κ2) is 8.61. The fourth-order valence-corrected chi connectivity index (χ4v) is 3.67. The zero-order valence-corrected chi connectivity index (χ0v) is 18.5. The number of nitrogens with zero attached hydrogens (tertiary/aromatic N) is 1.